The molecule has 3 rings (SSSR count). The number of aliphatic hydroxyl groups excluding tert-OH is 1. The van der Waals surface area contributed by atoms with Crippen LogP contribution in [0.5, 0.6) is 0 Å². The SMILES string of the molecule is O=C(c1ccc2ccc(Cl)cc2n1)N1C[C@@H](F)C[C@H]1CO. The molecule has 1 saturated heterocycles. The highest BCUT2D eigenvalue weighted by molar-refractivity contribution is 6.31. The number of carbonyl (C=O) groups excluding carboxylic acids is 1. The van der Waals surface area contributed by atoms with Gasteiger partial charge in [0.15, 0.2) is 0 Å². The normalized spacial score (nSPS) is 22.0. The van der Waals surface area contributed by atoms with E-state index in [1.807, 2.05) is 6.07 Å². The lowest BCUT2D eigenvalue weighted by atomic mass is 10.2. The lowest BCUT2D eigenvalue weighted by Crippen LogP contribution is -2.38. The Balaban J connectivity index is 1.94. The molecule has 21 heavy (non-hydrogen) atoms. The zero-order valence-electron chi connectivity index (χ0n) is 11.2. The minimum absolute atomic E-state index is 0.000672. The molecule has 1 aliphatic rings. The molecule has 1 aromatic carbocycles. The monoisotopic (exact) mass is 308 g/mol. The fourth-order valence-corrected chi connectivity index (χ4v) is 2.80. The Labute approximate surface area is 126 Å². The first-order valence-corrected chi connectivity index (χ1v) is 7.08. The average Bonchev–Trinajstić information content (AvgIpc) is 2.86. The van der Waals surface area contributed by atoms with Gasteiger partial charge in [0, 0.05) is 16.8 Å². The first-order chi connectivity index (χ1) is 10.1. The fraction of sp³-hybridized carbons (Fsp3) is 0.333. The first-order valence-electron chi connectivity index (χ1n) is 6.70. The molecule has 110 valence electrons. The number of benzene rings is 1. The van der Waals surface area contributed by atoms with Crippen LogP contribution in [0.4, 0.5) is 4.39 Å². The molecule has 2 atom stereocenters. The van der Waals surface area contributed by atoms with E-state index in [0.29, 0.717) is 10.5 Å². The second-order valence-corrected chi connectivity index (χ2v) is 5.60. The molecule has 4 nitrogen and oxygen atoms in total. The summed E-state index contributed by atoms with van der Waals surface area (Å²) in [5.74, 6) is -0.365. The predicted octanol–water partition coefficient (Wildman–Crippen LogP) is 2.43. The zero-order chi connectivity index (χ0) is 15.0. The molecule has 2 heterocycles. The smallest absolute Gasteiger partial charge is 0.272 e. The molecule has 1 N–H and O–H groups in total. The van der Waals surface area contributed by atoms with Crippen molar-refractivity contribution in [1.82, 2.24) is 9.88 Å². The number of aliphatic hydroxyl groups is 1. The van der Waals surface area contributed by atoms with E-state index in [1.165, 1.54) is 4.90 Å². The third kappa shape index (κ3) is 2.71. The number of aromatic nitrogens is 1. The molecule has 1 aliphatic heterocycles. The van der Waals surface area contributed by atoms with Crippen molar-refractivity contribution in [3.8, 4) is 0 Å². The van der Waals surface area contributed by atoms with Gasteiger partial charge in [0.1, 0.15) is 11.9 Å². The Morgan fingerprint density at radius 1 is 1.43 bits per heavy atom. The maximum atomic E-state index is 13.4. The van der Waals surface area contributed by atoms with Crippen molar-refractivity contribution in [2.24, 2.45) is 0 Å². The molecule has 0 aliphatic carbocycles. The number of hydrogen-bond acceptors (Lipinski definition) is 3. The largest absolute Gasteiger partial charge is 0.394 e. The van der Waals surface area contributed by atoms with E-state index >= 15 is 0 Å². The number of rotatable bonds is 2. The van der Waals surface area contributed by atoms with Crippen LogP contribution in [0.3, 0.4) is 0 Å². The van der Waals surface area contributed by atoms with Crippen molar-refractivity contribution in [3.05, 3.63) is 41.0 Å². The molecule has 1 amide bonds. The molecular formula is C15H14ClFN2O2. The summed E-state index contributed by atoms with van der Waals surface area (Å²) in [4.78, 5) is 18.1. The third-order valence-electron chi connectivity index (χ3n) is 3.71. The quantitative estimate of drug-likeness (QED) is 0.927. The summed E-state index contributed by atoms with van der Waals surface area (Å²) >= 11 is 5.92. The summed E-state index contributed by atoms with van der Waals surface area (Å²) in [6.07, 6.45) is -0.928. The maximum absolute atomic E-state index is 13.4. The molecule has 0 saturated carbocycles. The lowest BCUT2D eigenvalue weighted by Gasteiger charge is -2.22. The number of hydrogen-bond donors (Lipinski definition) is 1. The minimum Gasteiger partial charge on any atom is -0.394 e. The van der Waals surface area contributed by atoms with Gasteiger partial charge >= 0.3 is 0 Å². The van der Waals surface area contributed by atoms with Gasteiger partial charge in [-0.15, -0.1) is 0 Å². The molecule has 1 fully saturated rings. The van der Waals surface area contributed by atoms with Gasteiger partial charge in [0.05, 0.1) is 24.7 Å². The van der Waals surface area contributed by atoms with Crippen molar-refractivity contribution < 1.29 is 14.3 Å². The van der Waals surface area contributed by atoms with E-state index in [-0.39, 0.29) is 31.2 Å². The topological polar surface area (TPSA) is 53.4 Å². The van der Waals surface area contributed by atoms with Crippen LogP contribution in [0.1, 0.15) is 16.9 Å². The number of alkyl halides is 1. The molecule has 0 radical (unpaired) electrons. The van der Waals surface area contributed by atoms with Crippen LogP contribution in [0.15, 0.2) is 30.3 Å². The average molecular weight is 309 g/mol. The Hall–Kier alpha value is -1.72. The predicted molar refractivity (Wildman–Crippen MR) is 78.2 cm³/mol. The van der Waals surface area contributed by atoms with E-state index in [4.69, 9.17) is 11.6 Å². The number of fused-ring (bicyclic) bond motifs is 1. The molecular weight excluding hydrogens is 295 g/mol. The number of pyridine rings is 1. The molecule has 0 bridgehead atoms. The second kappa shape index (κ2) is 5.58. The van der Waals surface area contributed by atoms with Gasteiger partial charge in [0.2, 0.25) is 0 Å². The second-order valence-electron chi connectivity index (χ2n) is 5.16. The molecule has 0 spiro atoms. The van der Waals surface area contributed by atoms with Gasteiger partial charge in [0.25, 0.3) is 5.91 Å². The van der Waals surface area contributed by atoms with Gasteiger partial charge in [-0.25, -0.2) is 9.37 Å². The van der Waals surface area contributed by atoms with Gasteiger partial charge in [-0.2, -0.15) is 0 Å². The number of nitrogens with zero attached hydrogens (tertiary/aromatic N) is 2. The van der Waals surface area contributed by atoms with E-state index in [1.54, 1.807) is 24.3 Å². The number of amides is 1. The number of halogens is 2. The van der Waals surface area contributed by atoms with Crippen LogP contribution in [0, 0.1) is 0 Å². The van der Waals surface area contributed by atoms with Crippen LogP contribution >= 0.6 is 11.6 Å². The molecule has 1 aromatic heterocycles. The van der Waals surface area contributed by atoms with Crippen molar-refractivity contribution in [2.75, 3.05) is 13.2 Å². The lowest BCUT2D eigenvalue weighted by molar-refractivity contribution is 0.0667. The fourth-order valence-electron chi connectivity index (χ4n) is 2.64. The van der Waals surface area contributed by atoms with Crippen LogP contribution < -0.4 is 0 Å². The van der Waals surface area contributed by atoms with Crippen LogP contribution in [0.25, 0.3) is 10.9 Å². The Morgan fingerprint density at radius 3 is 2.95 bits per heavy atom. The van der Waals surface area contributed by atoms with Crippen molar-refractivity contribution in [1.29, 1.82) is 0 Å². The third-order valence-corrected chi connectivity index (χ3v) is 3.94. The van der Waals surface area contributed by atoms with E-state index in [9.17, 15) is 14.3 Å². The van der Waals surface area contributed by atoms with Crippen molar-refractivity contribution >= 4 is 28.4 Å². The summed E-state index contributed by atoms with van der Waals surface area (Å²) in [6.45, 7) is -0.245. The standard InChI is InChI=1S/C15H14ClFN2O2/c16-10-3-1-9-2-4-13(18-14(9)5-10)15(21)19-7-11(17)6-12(19)8-20/h1-5,11-12,20H,6-8H2/t11-,12-/m0/s1. The highest BCUT2D eigenvalue weighted by Crippen LogP contribution is 2.23. The number of likely N-dealkylation sites (tertiary alicyclic amines) is 1. The molecule has 0 unspecified atom stereocenters. The van der Waals surface area contributed by atoms with E-state index < -0.39 is 12.2 Å². The first kappa shape index (κ1) is 14.2. The van der Waals surface area contributed by atoms with Gasteiger partial charge in [-0.3, -0.25) is 4.79 Å². The summed E-state index contributed by atoms with van der Waals surface area (Å²) < 4.78 is 13.4. The van der Waals surface area contributed by atoms with E-state index in [2.05, 4.69) is 4.98 Å². The minimum atomic E-state index is -1.10. The van der Waals surface area contributed by atoms with Gasteiger partial charge in [-0.1, -0.05) is 23.7 Å². The molecule has 6 heteroatoms. The summed E-state index contributed by atoms with van der Waals surface area (Å²) in [5, 5.41) is 10.7. The van der Waals surface area contributed by atoms with Gasteiger partial charge < -0.3 is 10.0 Å². The molecule has 2 aromatic rings. The zero-order valence-corrected chi connectivity index (χ0v) is 11.9. The number of carbonyl (C=O) groups is 1. The van der Waals surface area contributed by atoms with Crippen LogP contribution in [0.2, 0.25) is 5.02 Å². The Morgan fingerprint density at radius 2 is 2.19 bits per heavy atom. The summed E-state index contributed by atoms with van der Waals surface area (Å²) in [7, 11) is 0. The van der Waals surface area contributed by atoms with Gasteiger partial charge in [-0.05, 0) is 18.2 Å². The van der Waals surface area contributed by atoms with Crippen molar-refractivity contribution in [3.63, 3.8) is 0 Å². The van der Waals surface area contributed by atoms with Crippen LogP contribution in [-0.4, -0.2) is 46.3 Å². The Bertz CT molecular complexity index is 694. The van der Waals surface area contributed by atoms with E-state index in [0.717, 1.165) is 5.39 Å². The summed E-state index contributed by atoms with van der Waals surface area (Å²) in [5.41, 5.74) is 0.849. The summed E-state index contributed by atoms with van der Waals surface area (Å²) in [6, 6.07) is 8.16. The maximum Gasteiger partial charge on any atom is 0.272 e. The highest BCUT2D eigenvalue weighted by Gasteiger charge is 2.35. The van der Waals surface area contributed by atoms with Crippen LogP contribution in [-0.2, 0) is 0 Å². The van der Waals surface area contributed by atoms with Crippen molar-refractivity contribution in [2.45, 2.75) is 18.6 Å². The Kier molecular flexibility index (Phi) is 3.78. The highest BCUT2D eigenvalue weighted by atomic mass is 35.5.